The largest absolute Gasteiger partial charge is 0.376 e. The summed E-state index contributed by atoms with van der Waals surface area (Å²) >= 11 is 0. The molecule has 3 aliphatic heterocycles. The minimum Gasteiger partial charge on any atom is -0.376 e. The Labute approximate surface area is 195 Å². The Balaban J connectivity index is 1.59. The van der Waals surface area contributed by atoms with Crippen molar-refractivity contribution in [2.24, 2.45) is 7.05 Å². The van der Waals surface area contributed by atoms with Crippen LogP contribution in [-0.4, -0.2) is 60.3 Å². The molecule has 0 amide bonds. The number of ether oxygens (including phenoxy) is 2. The van der Waals surface area contributed by atoms with Crippen molar-refractivity contribution in [1.82, 2.24) is 14.5 Å². The molecule has 6 rings (SSSR count). The standard InChI is InChI=1S/C23H28F2N7O2/c1-29-22-18(26-14-31(22)17-8-4-5-11-34-17)20(28-23(29)30-9-12-33-13-10-30)32-16-7-3-2-6-15(16)27-21(32)19(24)25/h2-3,6-7,17,19,26H,4-5,8-14H2,1H3/q+1. The molecule has 9 nitrogen and oxygen atoms in total. The fourth-order valence-corrected chi connectivity index (χ4v) is 5.15. The molecule has 3 aromatic rings. The van der Waals surface area contributed by atoms with E-state index in [1.165, 1.54) is 4.57 Å². The smallest absolute Gasteiger partial charge is 0.351 e. The van der Waals surface area contributed by atoms with Crippen molar-refractivity contribution in [3.05, 3.63) is 30.1 Å². The summed E-state index contributed by atoms with van der Waals surface area (Å²) < 4.78 is 43.6. The lowest BCUT2D eigenvalue weighted by Gasteiger charge is -2.31. The first kappa shape index (κ1) is 21.5. The molecular weight excluding hydrogens is 444 g/mol. The number of rotatable bonds is 4. The number of halogens is 2. The monoisotopic (exact) mass is 472 g/mol. The number of hydrogen-bond donors (Lipinski definition) is 1. The van der Waals surface area contributed by atoms with Gasteiger partial charge in [0.15, 0.2) is 17.7 Å². The van der Waals surface area contributed by atoms with Crippen LogP contribution in [0.5, 0.6) is 0 Å². The van der Waals surface area contributed by atoms with Gasteiger partial charge in [-0.15, -0.1) is 0 Å². The first-order chi connectivity index (χ1) is 16.6. The molecule has 0 saturated carbocycles. The highest BCUT2D eigenvalue weighted by molar-refractivity contribution is 5.83. The second kappa shape index (κ2) is 8.62. The van der Waals surface area contributed by atoms with Gasteiger partial charge in [-0.25, -0.2) is 18.3 Å². The summed E-state index contributed by atoms with van der Waals surface area (Å²) in [5.41, 5.74) is 1.82. The third kappa shape index (κ3) is 3.45. The van der Waals surface area contributed by atoms with Gasteiger partial charge in [0.05, 0.1) is 51.0 Å². The molecule has 2 saturated heterocycles. The van der Waals surface area contributed by atoms with Gasteiger partial charge in [0, 0.05) is 6.42 Å². The van der Waals surface area contributed by atoms with Gasteiger partial charge in [-0.3, -0.25) is 14.4 Å². The van der Waals surface area contributed by atoms with Crippen LogP contribution in [0.15, 0.2) is 24.3 Å². The number of nitrogens with one attached hydrogen (secondary N) is 1. The summed E-state index contributed by atoms with van der Waals surface area (Å²) in [7, 11) is 1.98. The van der Waals surface area contributed by atoms with Gasteiger partial charge in [-0.2, -0.15) is 0 Å². The summed E-state index contributed by atoms with van der Waals surface area (Å²) in [6.07, 6.45) is 0.245. The maximum Gasteiger partial charge on any atom is 0.351 e. The predicted molar refractivity (Wildman–Crippen MR) is 123 cm³/mol. The van der Waals surface area contributed by atoms with Crippen LogP contribution < -0.4 is 19.7 Å². The number of alkyl halides is 2. The zero-order valence-electron chi connectivity index (χ0n) is 19.1. The molecule has 0 spiro atoms. The zero-order valence-corrected chi connectivity index (χ0v) is 19.1. The highest BCUT2D eigenvalue weighted by Gasteiger charge is 2.40. The van der Waals surface area contributed by atoms with Crippen molar-refractivity contribution in [2.45, 2.75) is 31.9 Å². The molecule has 0 aliphatic carbocycles. The number of anilines is 3. The first-order valence-electron chi connectivity index (χ1n) is 11.8. The van der Waals surface area contributed by atoms with E-state index >= 15 is 0 Å². The number of hydrogen-bond acceptors (Lipinski definition) is 7. The van der Waals surface area contributed by atoms with Crippen molar-refractivity contribution < 1.29 is 22.8 Å². The SMILES string of the molecule is C[n+]1c(N2CCOCC2)nc(-n2c(C(F)F)nc3ccccc32)c2c1N(C1CCCCO1)CN2. The maximum absolute atomic E-state index is 14.2. The third-order valence-corrected chi connectivity index (χ3v) is 6.76. The molecular formula is C23H28F2N7O2+. The molecule has 1 N–H and O–H groups in total. The number of imidazole rings is 1. The van der Waals surface area contributed by atoms with Gasteiger partial charge in [0.2, 0.25) is 11.6 Å². The van der Waals surface area contributed by atoms with Crippen molar-refractivity contribution in [3.63, 3.8) is 0 Å². The van der Waals surface area contributed by atoms with Crippen LogP contribution in [0.3, 0.4) is 0 Å². The summed E-state index contributed by atoms with van der Waals surface area (Å²) in [6.45, 7) is 3.79. The van der Waals surface area contributed by atoms with Gasteiger partial charge in [-0.1, -0.05) is 17.1 Å². The first-order valence-corrected chi connectivity index (χ1v) is 11.8. The van der Waals surface area contributed by atoms with E-state index in [9.17, 15) is 8.78 Å². The van der Waals surface area contributed by atoms with Crippen LogP contribution in [0.25, 0.3) is 16.9 Å². The van der Waals surface area contributed by atoms with Crippen LogP contribution in [0.1, 0.15) is 31.5 Å². The number of para-hydroxylation sites is 2. The van der Waals surface area contributed by atoms with E-state index in [4.69, 9.17) is 14.5 Å². The summed E-state index contributed by atoms with van der Waals surface area (Å²) in [5.74, 6) is 1.71. The lowest BCUT2D eigenvalue weighted by molar-refractivity contribution is -0.648. The number of benzene rings is 1. The highest BCUT2D eigenvalue weighted by Crippen LogP contribution is 2.39. The molecule has 11 heteroatoms. The van der Waals surface area contributed by atoms with E-state index in [2.05, 4.69) is 20.1 Å². The van der Waals surface area contributed by atoms with E-state index in [1.54, 1.807) is 18.2 Å². The van der Waals surface area contributed by atoms with Crippen LogP contribution in [0.2, 0.25) is 0 Å². The van der Waals surface area contributed by atoms with Crippen molar-refractivity contribution >= 4 is 28.5 Å². The Hall–Kier alpha value is -3.05. The van der Waals surface area contributed by atoms with E-state index in [0.717, 1.165) is 31.7 Å². The Morgan fingerprint density at radius 1 is 1.12 bits per heavy atom. The normalized spacial score (nSPS) is 20.8. The Morgan fingerprint density at radius 2 is 1.94 bits per heavy atom. The second-order valence-corrected chi connectivity index (χ2v) is 8.81. The van der Waals surface area contributed by atoms with Crippen molar-refractivity contribution in [1.29, 1.82) is 0 Å². The van der Waals surface area contributed by atoms with Gasteiger partial charge in [0.1, 0.15) is 6.67 Å². The van der Waals surface area contributed by atoms with E-state index in [-0.39, 0.29) is 12.1 Å². The average molecular weight is 473 g/mol. The minimum absolute atomic E-state index is 0.0735. The topological polar surface area (TPSA) is 71.6 Å². The molecule has 2 fully saturated rings. The van der Waals surface area contributed by atoms with Crippen LogP contribution in [0, 0.1) is 0 Å². The molecule has 1 atom stereocenters. The lowest BCUT2D eigenvalue weighted by Crippen LogP contribution is -2.50. The predicted octanol–water partition coefficient (Wildman–Crippen LogP) is 2.74. The van der Waals surface area contributed by atoms with Crippen molar-refractivity contribution in [2.75, 3.05) is 54.7 Å². The van der Waals surface area contributed by atoms with Crippen LogP contribution >= 0.6 is 0 Å². The molecule has 2 aromatic heterocycles. The van der Waals surface area contributed by atoms with Crippen molar-refractivity contribution in [3.8, 4) is 5.82 Å². The summed E-state index contributed by atoms with van der Waals surface area (Å²) in [6, 6.07) is 7.19. The number of fused-ring (bicyclic) bond motifs is 2. The quantitative estimate of drug-likeness (QED) is 0.586. The zero-order chi connectivity index (χ0) is 23.2. The van der Waals surface area contributed by atoms with Gasteiger partial charge in [-0.05, 0) is 25.0 Å². The molecule has 5 heterocycles. The molecule has 1 unspecified atom stereocenters. The molecule has 1 aromatic carbocycles. The van der Waals surface area contributed by atoms with E-state index in [0.29, 0.717) is 61.5 Å². The maximum atomic E-state index is 14.2. The molecule has 0 bridgehead atoms. The second-order valence-electron chi connectivity index (χ2n) is 8.81. The van der Waals surface area contributed by atoms with Crippen LogP contribution in [-0.2, 0) is 16.5 Å². The molecule has 3 aliphatic rings. The number of morpholine rings is 1. The molecule has 180 valence electrons. The third-order valence-electron chi connectivity index (χ3n) is 6.76. The number of aromatic nitrogens is 4. The highest BCUT2D eigenvalue weighted by atomic mass is 19.3. The van der Waals surface area contributed by atoms with E-state index < -0.39 is 6.43 Å². The van der Waals surface area contributed by atoms with Gasteiger partial charge in [0.25, 0.3) is 6.43 Å². The minimum atomic E-state index is -2.75. The Bertz CT molecular complexity index is 1210. The average Bonchev–Trinajstić information content (AvgIpc) is 3.49. The molecule has 34 heavy (non-hydrogen) atoms. The lowest BCUT2D eigenvalue weighted by atomic mass is 10.2. The fourth-order valence-electron chi connectivity index (χ4n) is 5.15. The fraction of sp³-hybridized carbons (Fsp3) is 0.522. The Morgan fingerprint density at radius 3 is 2.71 bits per heavy atom. The van der Waals surface area contributed by atoms with E-state index in [1.807, 2.05) is 17.7 Å². The summed E-state index contributed by atoms with van der Waals surface area (Å²) in [4.78, 5) is 13.6. The van der Waals surface area contributed by atoms with Gasteiger partial charge < -0.3 is 14.8 Å². The van der Waals surface area contributed by atoms with Gasteiger partial charge >= 0.3 is 5.95 Å². The number of nitrogens with zero attached hydrogens (tertiary/aromatic N) is 6. The molecule has 0 radical (unpaired) electrons. The van der Waals surface area contributed by atoms with Crippen LogP contribution in [0.4, 0.5) is 26.2 Å². The Kier molecular flexibility index (Phi) is 5.45. The summed E-state index contributed by atoms with van der Waals surface area (Å²) in [5, 5.41) is 3.43.